The standard InChI is InChI=1S/C12H16O3S/c1-9(8-12(13)14)16(15)10(2)11-6-4-3-5-7-11/h3-7,9-10H,8H2,1-2H3,(H,13,14). The van der Waals surface area contributed by atoms with Crippen LogP contribution in [0, 0.1) is 0 Å². The number of benzene rings is 1. The van der Waals surface area contributed by atoms with Gasteiger partial charge in [0, 0.05) is 16.0 Å². The topological polar surface area (TPSA) is 54.4 Å². The van der Waals surface area contributed by atoms with E-state index in [0.29, 0.717) is 0 Å². The molecule has 0 spiro atoms. The molecule has 1 N–H and O–H groups in total. The van der Waals surface area contributed by atoms with Crippen molar-refractivity contribution in [2.45, 2.75) is 30.8 Å². The summed E-state index contributed by atoms with van der Waals surface area (Å²) in [5.74, 6) is -0.902. The Bertz CT molecular complexity index is 375. The highest BCUT2D eigenvalue weighted by atomic mass is 32.2. The summed E-state index contributed by atoms with van der Waals surface area (Å²) in [6.45, 7) is 3.58. The maximum Gasteiger partial charge on any atom is 0.304 e. The fourth-order valence-electron chi connectivity index (χ4n) is 1.53. The zero-order chi connectivity index (χ0) is 12.1. The van der Waals surface area contributed by atoms with Crippen LogP contribution in [0.2, 0.25) is 0 Å². The van der Waals surface area contributed by atoms with Crippen LogP contribution in [-0.2, 0) is 15.6 Å². The third kappa shape index (κ3) is 3.45. The van der Waals surface area contributed by atoms with Gasteiger partial charge in [0.25, 0.3) is 0 Å². The lowest BCUT2D eigenvalue weighted by atomic mass is 10.2. The van der Waals surface area contributed by atoms with Crippen molar-refractivity contribution >= 4 is 16.8 Å². The second-order valence-electron chi connectivity index (χ2n) is 3.79. The van der Waals surface area contributed by atoms with Crippen molar-refractivity contribution in [3.05, 3.63) is 35.9 Å². The summed E-state index contributed by atoms with van der Waals surface area (Å²) >= 11 is 0. The zero-order valence-electron chi connectivity index (χ0n) is 9.42. The molecule has 0 heterocycles. The molecule has 1 aromatic rings. The van der Waals surface area contributed by atoms with Crippen molar-refractivity contribution in [3.63, 3.8) is 0 Å². The second-order valence-corrected chi connectivity index (χ2v) is 5.96. The molecule has 0 saturated heterocycles. The van der Waals surface area contributed by atoms with E-state index >= 15 is 0 Å². The lowest BCUT2D eigenvalue weighted by Gasteiger charge is -2.16. The summed E-state index contributed by atoms with van der Waals surface area (Å²) in [6.07, 6.45) is -0.0518. The van der Waals surface area contributed by atoms with E-state index in [1.54, 1.807) is 6.92 Å². The molecular formula is C12H16O3S. The van der Waals surface area contributed by atoms with Gasteiger partial charge in [-0.2, -0.15) is 0 Å². The summed E-state index contributed by atoms with van der Waals surface area (Å²) in [6, 6.07) is 9.52. The smallest absolute Gasteiger partial charge is 0.304 e. The Hall–Kier alpha value is -1.16. The van der Waals surface area contributed by atoms with Crippen molar-refractivity contribution in [2.75, 3.05) is 0 Å². The van der Waals surface area contributed by atoms with Gasteiger partial charge in [-0.1, -0.05) is 37.3 Å². The molecule has 1 aromatic carbocycles. The molecule has 0 aromatic heterocycles. The van der Waals surface area contributed by atoms with Crippen molar-refractivity contribution in [3.8, 4) is 0 Å². The number of hydrogen-bond donors (Lipinski definition) is 1. The van der Waals surface area contributed by atoms with Gasteiger partial charge in [0.15, 0.2) is 0 Å². The van der Waals surface area contributed by atoms with E-state index in [-0.39, 0.29) is 16.9 Å². The van der Waals surface area contributed by atoms with E-state index < -0.39 is 16.8 Å². The highest BCUT2D eigenvalue weighted by Crippen LogP contribution is 2.22. The first-order chi connectivity index (χ1) is 7.52. The molecule has 3 nitrogen and oxygen atoms in total. The van der Waals surface area contributed by atoms with Gasteiger partial charge in [-0.15, -0.1) is 0 Å². The molecule has 88 valence electrons. The average Bonchev–Trinajstić information content (AvgIpc) is 2.27. The van der Waals surface area contributed by atoms with Gasteiger partial charge in [0.1, 0.15) is 0 Å². The summed E-state index contributed by atoms with van der Waals surface area (Å²) in [7, 11) is -1.16. The lowest BCUT2D eigenvalue weighted by molar-refractivity contribution is -0.136. The van der Waals surface area contributed by atoms with Gasteiger partial charge < -0.3 is 5.11 Å². The van der Waals surface area contributed by atoms with Crippen LogP contribution in [0.3, 0.4) is 0 Å². The van der Waals surface area contributed by atoms with E-state index in [1.165, 1.54) is 0 Å². The molecule has 1 rings (SSSR count). The predicted octanol–water partition coefficient (Wildman–Crippen LogP) is 2.36. The minimum Gasteiger partial charge on any atom is -0.481 e. The largest absolute Gasteiger partial charge is 0.481 e. The average molecular weight is 240 g/mol. The first-order valence-corrected chi connectivity index (χ1v) is 6.46. The Morgan fingerprint density at radius 2 is 1.88 bits per heavy atom. The highest BCUT2D eigenvalue weighted by molar-refractivity contribution is 7.85. The van der Waals surface area contributed by atoms with Gasteiger partial charge in [0.2, 0.25) is 0 Å². The molecule has 0 aliphatic carbocycles. The summed E-state index contributed by atoms with van der Waals surface area (Å²) in [5, 5.41) is 8.20. The van der Waals surface area contributed by atoms with Crippen LogP contribution >= 0.6 is 0 Å². The molecule has 4 heteroatoms. The van der Waals surface area contributed by atoms with Gasteiger partial charge in [-0.3, -0.25) is 9.00 Å². The summed E-state index contributed by atoms with van der Waals surface area (Å²) < 4.78 is 12.0. The normalized spacial score (nSPS) is 16.4. The number of carboxylic acids is 1. The van der Waals surface area contributed by atoms with Gasteiger partial charge >= 0.3 is 5.97 Å². The van der Waals surface area contributed by atoms with E-state index in [9.17, 15) is 9.00 Å². The SMILES string of the molecule is CC(CC(=O)O)S(=O)C(C)c1ccccc1. The zero-order valence-corrected chi connectivity index (χ0v) is 10.2. The molecule has 0 fully saturated rings. The maximum absolute atomic E-state index is 12.0. The monoisotopic (exact) mass is 240 g/mol. The molecule has 16 heavy (non-hydrogen) atoms. The van der Waals surface area contributed by atoms with E-state index in [2.05, 4.69) is 0 Å². The number of rotatable bonds is 5. The molecule has 0 amide bonds. The Labute approximate surface area is 98.0 Å². The molecule has 3 atom stereocenters. The minimum absolute atomic E-state index is 0.0518. The Kier molecular flexibility index (Phi) is 4.68. The molecule has 0 saturated carbocycles. The number of carboxylic acid groups (broad SMARTS) is 1. The minimum atomic E-state index is -1.16. The van der Waals surface area contributed by atoms with Crippen LogP contribution < -0.4 is 0 Å². The second kappa shape index (κ2) is 5.80. The Morgan fingerprint density at radius 1 is 1.31 bits per heavy atom. The molecule has 3 unspecified atom stereocenters. The molecule has 0 radical (unpaired) electrons. The number of hydrogen-bond acceptors (Lipinski definition) is 2. The Balaban J connectivity index is 2.71. The molecule has 0 bridgehead atoms. The maximum atomic E-state index is 12.0. The number of aliphatic carboxylic acids is 1. The third-order valence-corrected chi connectivity index (χ3v) is 4.41. The molecular weight excluding hydrogens is 224 g/mol. The Morgan fingerprint density at radius 3 is 2.38 bits per heavy atom. The molecule has 0 aliphatic heterocycles. The van der Waals surface area contributed by atoms with Gasteiger partial charge in [0.05, 0.1) is 11.7 Å². The van der Waals surface area contributed by atoms with E-state index in [1.807, 2.05) is 37.3 Å². The third-order valence-electron chi connectivity index (χ3n) is 2.48. The van der Waals surface area contributed by atoms with Crippen LogP contribution in [0.15, 0.2) is 30.3 Å². The van der Waals surface area contributed by atoms with Crippen LogP contribution in [0.4, 0.5) is 0 Å². The van der Waals surface area contributed by atoms with E-state index in [0.717, 1.165) is 5.56 Å². The first-order valence-electron chi connectivity index (χ1n) is 5.18. The summed E-state index contributed by atoms with van der Waals surface area (Å²) in [5.41, 5.74) is 0.984. The fourth-order valence-corrected chi connectivity index (χ4v) is 2.96. The quantitative estimate of drug-likeness (QED) is 0.859. The van der Waals surface area contributed by atoms with Crippen LogP contribution in [0.1, 0.15) is 31.1 Å². The number of carbonyl (C=O) groups is 1. The highest BCUT2D eigenvalue weighted by Gasteiger charge is 2.21. The predicted molar refractivity (Wildman–Crippen MR) is 64.7 cm³/mol. The van der Waals surface area contributed by atoms with Crippen molar-refractivity contribution in [1.29, 1.82) is 0 Å². The lowest BCUT2D eigenvalue weighted by Crippen LogP contribution is -2.19. The molecule has 0 aliphatic rings. The van der Waals surface area contributed by atoms with E-state index in [4.69, 9.17) is 5.11 Å². The van der Waals surface area contributed by atoms with Gasteiger partial charge in [-0.05, 0) is 12.5 Å². The van der Waals surface area contributed by atoms with Crippen LogP contribution in [-0.4, -0.2) is 20.5 Å². The van der Waals surface area contributed by atoms with Crippen LogP contribution in [0.5, 0.6) is 0 Å². The van der Waals surface area contributed by atoms with Crippen molar-refractivity contribution < 1.29 is 14.1 Å². The first kappa shape index (κ1) is 12.9. The van der Waals surface area contributed by atoms with Gasteiger partial charge in [-0.25, -0.2) is 0 Å². The van der Waals surface area contributed by atoms with Crippen LogP contribution in [0.25, 0.3) is 0 Å². The summed E-state index contributed by atoms with van der Waals surface area (Å²) in [4.78, 5) is 10.5. The fraction of sp³-hybridized carbons (Fsp3) is 0.417. The van der Waals surface area contributed by atoms with Crippen molar-refractivity contribution in [2.24, 2.45) is 0 Å². The van der Waals surface area contributed by atoms with Crippen molar-refractivity contribution in [1.82, 2.24) is 0 Å².